The van der Waals surface area contributed by atoms with E-state index in [1.165, 1.54) is 12.5 Å². The standard InChI is InChI=1S/C12H16ClNO.C2H4O.C2H6/c1-15-12-6-10(7-14-8-12)9-2-4-11(13)5-3-9;1-2-3;1-2/h2-5,10,12,14H,6-8H2,1H3;2H,1H3;1-2H3. The smallest absolute Gasteiger partial charge is 0.116 e. The maximum Gasteiger partial charge on any atom is 0.116 e. The number of nitrogens with one attached hydrogen (secondary N) is 1. The number of carbonyl (C=O) groups is 1. The van der Waals surface area contributed by atoms with Gasteiger partial charge in [0.15, 0.2) is 0 Å². The van der Waals surface area contributed by atoms with Crippen LogP contribution in [-0.2, 0) is 9.53 Å². The van der Waals surface area contributed by atoms with Crippen molar-refractivity contribution in [2.45, 2.75) is 39.2 Å². The second-order valence-corrected chi connectivity index (χ2v) is 4.67. The van der Waals surface area contributed by atoms with Crippen molar-refractivity contribution in [3.8, 4) is 0 Å². The molecule has 1 saturated heterocycles. The van der Waals surface area contributed by atoms with Crippen molar-refractivity contribution in [1.82, 2.24) is 5.32 Å². The predicted molar refractivity (Wildman–Crippen MR) is 85.6 cm³/mol. The molecule has 1 heterocycles. The van der Waals surface area contributed by atoms with E-state index in [1.807, 2.05) is 26.0 Å². The van der Waals surface area contributed by atoms with Crippen LogP contribution < -0.4 is 5.32 Å². The van der Waals surface area contributed by atoms with Gasteiger partial charge in [-0.05, 0) is 37.0 Å². The van der Waals surface area contributed by atoms with E-state index in [1.54, 1.807) is 7.11 Å². The molecule has 2 rings (SSSR count). The number of aldehydes is 1. The minimum atomic E-state index is 0.333. The van der Waals surface area contributed by atoms with Crippen LogP contribution in [-0.4, -0.2) is 32.6 Å². The topological polar surface area (TPSA) is 38.3 Å². The number of carbonyl (C=O) groups excluding carboxylic acids is 1. The maximum absolute atomic E-state index is 8.81. The van der Waals surface area contributed by atoms with Crippen molar-refractivity contribution in [2.24, 2.45) is 0 Å². The Balaban J connectivity index is 0.000000641. The van der Waals surface area contributed by atoms with Crippen LogP contribution >= 0.6 is 11.6 Å². The Morgan fingerprint density at radius 2 is 1.80 bits per heavy atom. The Morgan fingerprint density at radius 1 is 1.25 bits per heavy atom. The molecule has 0 bridgehead atoms. The number of hydrogen-bond acceptors (Lipinski definition) is 3. The third kappa shape index (κ3) is 7.04. The number of benzene rings is 1. The van der Waals surface area contributed by atoms with Gasteiger partial charge in [0.05, 0.1) is 6.10 Å². The number of ether oxygens (including phenoxy) is 1. The molecule has 3 nitrogen and oxygen atoms in total. The quantitative estimate of drug-likeness (QED) is 0.847. The molecule has 1 fully saturated rings. The van der Waals surface area contributed by atoms with E-state index in [0.29, 0.717) is 12.0 Å². The summed E-state index contributed by atoms with van der Waals surface area (Å²) in [6, 6.07) is 8.11. The fraction of sp³-hybridized carbons (Fsp3) is 0.562. The fourth-order valence-corrected chi connectivity index (χ4v) is 2.20. The summed E-state index contributed by atoms with van der Waals surface area (Å²) in [5, 5.41) is 4.19. The molecule has 0 aromatic heterocycles. The molecule has 2 unspecified atom stereocenters. The molecule has 0 saturated carbocycles. The van der Waals surface area contributed by atoms with Crippen molar-refractivity contribution < 1.29 is 9.53 Å². The van der Waals surface area contributed by atoms with Gasteiger partial charge < -0.3 is 14.8 Å². The fourth-order valence-electron chi connectivity index (χ4n) is 2.07. The van der Waals surface area contributed by atoms with Gasteiger partial charge in [-0.15, -0.1) is 0 Å². The second kappa shape index (κ2) is 11.9. The van der Waals surface area contributed by atoms with Crippen molar-refractivity contribution in [3.05, 3.63) is 34.9 Å². The highest BCUT2D eigenvalue weighted by atomic mass is 35.5. The Morgan fingerprint density at radius 3 is 2.30 bits per heavy atom. The molecular formula is C16H26ClNO2. The van der Waals surface area contributed by atoms with Gasteiger partial charge in [0, 0.05) is 25.2 Å². The molecule has 1 aliphatic heterocycles. The van der Waals surface area contributed by atoms with E-state index in [0.717, 1.165) is 30.8 Å². The molecule has 0 aliphatic carbocycles. The largest absolute Gasteiger partial charge is 0.380 e. The summed E-state index contributed by atoms with van der Waals surface area (Å²) in [6.07, 6.45) is 2.17. The van der Waals surface area contributed by atoms with Crippen LogP contribution in [0.1, 0.15) is 38.7 Å². The first-order chi connectivity index (χ1) is 9.71. The van der Waals surface area contributed by atoms with Crippen molar-refractivity contribution in [2.75, 3.05) is 20.2 Å². The molecule has 0 amide bonds. The van der Waals surface area contributed by atoms with E-state index in [2.05, 4.69) is 17.4 Å². The Kier molecular flexibility index (Phi) is 11.4. The number of hydrogen-bond donors (Lipinski definition) is 1. The van der Waals surface area contributed by atoms with Gasteiger partial charge in [0.1, 0.15) is 6.29 Å². The molecule has 1 aromatic carbocycles. The zero-order valence-corrected chi connectivity index (χ0v) is 13.6. The van der Waals surface area contributed by atoms with Crippen molar-refractivity contribution in [3.63, 3.8) is 0 Å². The summed E-state index contributed by atoms with van der Waals surface area (Å²) in [5.41, 5.74) is 1.34. The van der Waals surface area contributed by atoms with Gasteiger partial charge >= 0.3 is 0 Å². The van der Waals surface area contributed by atoms with E-state index in [-0.39, 0.29) is 0 Å². The molecule has 114 valence electrons. The van der Waals surface area contributed by atoms with Crippen molar-refractivity contribution >= 4 is 17.9 Å². The number of halogens is 1. The summed E-state index contributed by atoms with van der Waals surface area (Å²) in [6.45, 7) is 7.43. The van der Waals surface area contributed by atoms with Crippen LogP contribution in [0.5, 0.6) is 0 Å². The lowest BCUT2D eigenvalue weighted by Gasteiger charge is -2.29. The van der Waals surface area contributed by atoms with Gasteiger partial charge in [-0.3, -0.25) is 0 Å². The van der Waals surface area contributed by atoms with E-state index in [9.17, 15) is 0 Å². The first-order valence-corrected chi connectivity index (χ1v) is 7.47. The van der Waals surface area contributed by atoms with Gasteiger partial charge in [-0.1, -0.05) is 37.6 Å². The van der Waals surface area contributed by atoms with E-state index >= 15 is 0 Å². The summed E-state index contributed by atoms with van der Waals surface area (Å²) in [4.78, 5) is 8.81. The van der Waals surface area contributed by atoms with Gasteiger partial charge in [0.2, 0.25) is 0 Å². The van der Waals surface area contributed by atoms with Crippen molar-refractivity contribution in [1.29, 1.82) is 0 Å². The predicted octanol–water partition coefficient (Wildman–Crippen LogP) is 3.66. The molecule has 0 radical (unpaired) electrons. The summed E-state index contributed by atoms with van der Waals surface area (Å²) in [7, 11) is 1.77. The zero-order valence-electron chi connectivity index (χ0n) is 12.9. The van der Waals surface area contributed by atoms with Crippen LogP contribution in [0.4, 0.5) is 0 Å². The first-order valence-electron chi connectivity index (χ1n) is 7.10. The molecule has 1 N–H and O–H groups in total. The normalized spacial score (nSPS) is 20.9. The number of rotatable bonds is 2. The molecule has 2 atom stereocenters. The summed E-state index contributed by atoms with van der Waals surface area (Å²) < 4.78 is 5.38. The Hall–Kier alpha value is -0.900. The molecule has 20 heavy (non-hydrogen) atoms. The van der Waals surface area contributed by atoms with Crippen LogP contribution in [0.15, 0.2) is 24.3 Å². The lowest BCUT2D eigenvalue weighted by Crippen LogP contribution is -2.39. The van der Waals surface area contributed by atoms with Crippen LogP contribution in [0.25, 0.3) is 0 Å². The van der Waals surface area contributed by atoms with E-state index in [4.69, 9.17) is 21.1 Å². The number of methoxy groups -OCH3 is 1. The van der Waals surface area contributed by atoms with Gasteiger partial charge in [-0.2, -0.15) is 0 Å². The maximum atomic E-state index is 8.81. The highest BCUT2D eigenvalue weighted by Gasteiger charge is 2.22. The minimum absolute atomic E-state index is 0.333. The van der Waals surface area contributed by atoms with Gasteiger partial charge in [0.25, 0.3) is 0 Å². The lowest BCUT2D eigenvalue weighted by atomic mass is 9.90. The second-order valence-electron chi connectivity index (χ2n) is 4.24. The summed E-state index contributed by atoms with van der Waals surface area (Å²) in [5.74, 6) is 0.543. The SMILES string of the molecule is CC.CC=O.COC1CNCC(c2ccc(Cl)cc2)C1. The molecule has 1 aromatic rings. The Labute approximate surface area is 127 Å². The zero-order chi connectivity index (χ0) is 15.4. The first kappa shape index (κ1) is 19.1. The highest BCUT2D eigenvalue weighted by Crippen LogP contribution is 2.25. The average Bonchev–Trinajstić information content (AvgIpc) is 2.51. The monoisotopic (exact) mass is 299 g/mol. The molecule has 1 aliphatic rings. The third-order valence-electron chi connectivity index (χ3n) is 2.98. The lowest BCUT2D eigenvalue weighted by molar-refractivity contribution is -0.106. The Bertz CT molecular complexity index is 354. The number of piperidine rings is 1. The van der Waals surface area contributed by atoms with Crippen LogP contribution in [0.2, 0.25) is 5.02 Å². The molecule has 0 spiro atoms. The molecular weight excluding hydrogens is 274 g/mol. The van der Waals surface area contributed by atoms with Crippen LogP contribution in [0.3, 0.4) is 0 Å². The average molecular weight is 300 g/mol. The summed E-state index contributed by atoms with van der Waals surface area (Å²) >= 11 is 5.87. The van der Waals surface area contributed by atoms with Crippen LogP contribution in [0, 0.1) is 0 Å². The molecule has 4 heteroatoms. The van der Waals surface area contributed by atoms with E-state index < -0.39 is 0 Å². The minimum Gasteiger partial charge on any atom is -0.380 e. The van der Waals surface area contributed by atoms with Gasteiger partial charge in [-0.25, -0.2) is 0 Å². The third-order valence-corrected chi connectivity index (χ3v) is 3.24. The highest BCUT2D eigenvalue weighted by molar-refractivity contribution is 6.30.